The van der Waals surface area contributed by atoms with Crippen LogP contribution < -0.4 is 5.32 Å². The number of carboxylic acid groups (broad SMARTS) is 1. The predicted molar refractivity (Wildman–Crippen MR) is 69.7 cm³/mol. The maximum absolute atomic E-state index is 12.5. The van der Waals surface area contributed by atoms with Crippen LogP contribution in [-0.4, -0.2) is 47.3 Å². The molecule has 1 atom stereocenters. The van der Waals surface area contributed by atoms with Crippen molar-refractivity contribution in [3.05, 3.63) is 11.6 Å². The van der Waals surface area contributed by atoms with E-state index in [1.807, 2.05) is 13.8 Å². The molecule has 0 aliphatic carbocycles. The molecular weight excluding hydrogens is 289 g/mol. The van der Waals surface area contributed by atoms with Crippen LogP contribution in [0.25, 0.3) is 0 Å². The first-order valence-corrected chi connectivity index (χ1v) is 6.65. The molecule has 1 aliphatic rings. The quantitative estimate of drug-likeness (QED) is 0.784. The van der Waals surface area contributed by atoms with E-state index >= 15 is 0 Å². The Morgan fingerprint density at radius 2 is 2.05 bits per heavy atom. The number of carbonyl (C=O) groups excluding carboxylic acids is 1. The molecular formula is C13H19F3N2O3. The van der Waals surface area contributed by atoms with Gasteiger partial charge in [0, 0.05) is 18.7 Å². The number of nitrogens with zero attached hydrogens (tertiary/aromatic N) is 1. The van der Waals surface area contributed by atoms with Crippen molar-refractivity contribution < 1.29 is 27.9 Å². The lowest BCUT2D eigenvalue weighted by atomic mass is 10.0. The van der Waals surface area contributed by atoms with Crippen LogP contribution in [0.3, 0.4) is 0 Å². The molecule has 2 N–H and O–H groups in total. The van der Waals surface area contributed by atoms with Crippen molar-refractivity contribution >= 4 is 12.0 Å². The number of alkyl halides is 3. The van der Waals surface area contributed by atoms with Crippen LogP contribution >= 0.6 is 0 Å². The van der Waals surface area contributed by atoms with Gasteiger partial charge in [-0.1, -0.05) is 19.9 Å². The van der Waals surface area contributed by atoms with Crippen molar-refractivity contribution in [3.8, 4) is 0 Å². The molecule has 1 unspecified atom stereocenters. The van der Waals surface area contributed by atoms with Crippen LogP contribution in [0.1, 0.15) is 26.7 Å². The molecule has 1 rings (SSSR count). The van der Waals surface area contributed by atoms with Crippen molar-refractivity contribution in [3.63, 3.8) is 0 Å². The van der Waals surface area contributed by atoms with Gasteiger partial charge in [-0.15, -0.1) is 0 Å². The van der Waals surface area contributed by atoms with Crippen molar-refractivity contribution in [2.24, 2.45) is 5.92 Å². The largest absolute Gasteiger partial charge is 0.480 e. The molecule has 0 aromatic carbocycles. The number of halogens is 3. The minimum Gasteiger partial charge on any atom is -0.480 e. The van der Waals surface area contributed by atoms with Crippen LogP contribution in [0.4, 0.5) is 18.0 Å². The summed E-state index contributed by atoms with van der Waals surface area (Å²) < 4.78 is 37.4. The van der Waals surface area contributed by atoms with Gasteiger partial charge in [-0.25, -0.2) is 9.59 Å². The summed E-state index contributed by atoms with van der Waals surface area (Å²) in [6.45, 7) is 3.39. The van der Waals surface area contributed by atoms with Crippen molar-refractivity contribution in [2.45, 2.75) is 38.9 Å². The average Bonchev–Trinajstić information content (AvgIpc) is 2.36. The third kappa shape index (κ3) is 5.28. The zero-order valence-corrected chi connectivity index (χ0v) is 11.9. The van der Waals surface area contributed by atoms with Crippen LogP contribution in [0.5, 0.6) is 0 Å². The Bertz CT molecular complexity index is 433. The smallest absolute Gasteiger partial charge is 0.412 e. The molecule has 0 saturated carbocycles. The number of hydrogen-bond acceptors (Lipinski definition) is 2. The zero-order valence-electron chi connectivity index (χ0n) is 11.9. The summed E-state index contributed by atoms with van der Waals surface area (Å²) >= 11 is 0. The van der Waals surface area contributed by atoms with Gasteiger partial charge in [0.15, 0.2) is 0 Å². The first kappa shape index (κ1) is 17.3. The Labute approximate surface area is 120 Å². The lowest BCUT2D eigenvalue weighted by molar-refractivity contribution is -0.139. The van der Waals surface area contributed by atoms with Gasteiger partial charge < -0.3 is 15.3 Å². The zero-order chi connectivity index (χ0) is 16.2. The number of carboxylic acids is 1. The van der Waals surface area contributed by atoms with Crippen molar-refractivity contribution in [1.82, 2.24) is 10.2 Å². The Hall–Kier alpha value is -1.73. The third-order valence-corrected chi connectivity index (χ3v) is 3.16. The van der Waals surface area contributed by atoms with E-state index in [0.29, 0.717) is 0 Å². The van der Waals surface area contributed by atoms with E-state index in [-0.39, 0.29) is 31.8 Å². The van der Waals surface area contributed by atoms with Gasteiger partial charge in [-0.2, -0.15) is 13.2 Å². The molecule has 0 aromatic rings. The van der Waals surface area contributed by atoms with E-state index in [4.69, 9.17) is 5.11 Å². The summed E-state index contributed by atoms with van der Waals surface area (Å²) in [5.41, 5.74) is -0.650. The van der Waals surface area contributed by atoms with E-state index in [9.17, 15) is 22.8 Å². The third-order valence-electron chi connectivity index (χ3n) is 3.16. The number of rotatable bonds is 4. The SMILES string of the molecule is CC(C)CC(NC(=O)N1CC=C(C(F)(F)F)CC1)C(=O)O. The standard InChI is InChI=1S/C13H19F3N2O3/c1-8(2)7-10(11(19)20)17-12(21)18-5-3-9(4-6-18)13(14,15)16/h3,8,10H,4-7H2,1-2H3,(H,17,21)(H,19,20). The molecule has 120 valence electrons. The maximum Gasteiger partial charge on any atom is 0.412 e. The molecule has 1 aliphatic heterocycles. The second-order valence-electron chi connectivity index (χ2n) is 5.39. The molecule has 21 heavy (non-hydrogen) atoms. The molecule has 0 saturated heterocycles. The molecule has 0 fully saturated rings. The first-order valence-electron chi connectivity index (χ1n) is 6.65. The maximum atomic E-state index is 12.5. The van der Waals surface area contributed by atoms with Gasteiger partial charge >= 0.3 is 18.2 Å². The van der Waals surface area contributed by atoms with Crippen LogP contribution in [0, 0.1) is 5.92 Å². The van der Waals surface area contributed by atoms with Crippen LogP contribution in [0.2, 0.25) is 0 Å². The highest BCUT2D eigenvalue weighted by Gasteiger charge is 2.35. The number of nitrogens with one attached hydrogen (secondary N) is 1. The minimum atomic E-state index is -4.37. The monoisotopic (exact) mass is 308 g/mol. The molecule has 0 radical (unpaired) electrons. The summed E-state index contributed by atoms with van der Waals surface area (Å²) in [6, 6.07) is -1.69. The van der Waals surface area contributed by atoms with Crippen LogP contribution in [0.15, 0.2) is 11.6 Å². The molecule has 2 amide bonds. The second kappa shape index (κ2) is 6.82. The van der Waals surface area contributed by atoms with E-state index in [1.54, 1.807) is 0 Å². The summed E-state index contributed by atoms with van der Waals surface area (Å²) in [7, 11) is 0. The van der Waals surface area contributed by atoms with Crippen molar-refractivity contribution in [2.75, 3.05) is 13.1 Å². The van der Waals surface area contributed by atoms with Gasteiger partial charge in [0.05, 0.1) is 0 Å². The highest BCUT2D eigenvalue weighted by Crippen LogP contribution is 2.30. The number of amides is 2. The molecule has 5 nitrogen and oxygen atoms in total. The van der Waals surface area contributed by atoms with Gasteiger partial charge in [0.2, 0.25) is 0 Å². The first-order chi connectivity index (χ1) is 9.61. The van der Waals surface area contributed by atoms with E-state index in [2.05, 4.69) is 5.32 Å². The number of hydrogen-bond donors (Lipinski definition) is 2. The lowest BCUT2D eigenvalue weighted by Gasteiger charge is -2.29. The summed E-state index contributed by atoms with van der Waals surface area (Å²) in [6.07, 6.45) is -3.43. The Kier molecular flexibility index (Phi) is 5.62. The van der Waals surface area contributed by atoms with Gasteiger partial charge in [0.1, 0.15) is 6.04 Å². The fourth-order valence-electron chi connectivity index (χ4n) is 2.04. The molecule has 8 heteroatoms. The highest BCUT2D eigenvalue weighted by atomic mass is 19.4. The van der Waals surface area contributed by atoms with E-state index < -0.39 is 29.8 Å². The Morgan fingerprint density at radius 1 is 1.43 bits per heavy atom. The molecule has 0 aromatic heterocycles. The predicted octanol–water partition coefficient (Wildman–Crippen LogP) is 2.39. The second-order valence-corrected chi connectivity index (χ2v) is 5.39. The lowest BCUT2D eigenvalue weighted by Crippen LogP contribution is -2.49. The van der Waals surface area contributed by atoms with E-state index in [0.717, 1.165) is 6.08 Å². The summed E-state index contributed by atoms with van der Waals surface area (Å²) in [5, 5.41) is 11.4. The number of carbonyl (C=O) groups is 2. The van der Waals surface area contributed by atoms with Gasteiger partial charge in [-0.05, 0) is 18.8 Å². The summed E-state index contributed by atoms with van der Waals surface area (Å²) in [4.78, 5) is 24.1. The van der Waals surface area contributed by atoms with Gasteiger partial charge in [-0.3, -0.25) is 0 Å². The molecule has 0 bridgehead atoms. The molecule has 1 heterocycles. The summed E-state index contributed by atoms with van der Waals surface area (Å²) in [5.74, 6) is -1.08. The normalized spacial score (nSPS) is 17.4. The molecule has 0 spiro atoms. The minimum absolute atomic E-state index is 0.0736. The fraction of sp³-hybridized carbons (Fsp3) is 0.692. The van der Waals surface area contributed by atoms with Gasteiger partial charge in [0.25, 0.3) is 0 Å². The number of urea groups is 1. The average molecular weight is 308 g/mol. The number of aliphatic carboxylic acids is 1. The Balaban J connectivity index is 2.61. The fourth-order valence-corrected chi connectivity index (χ4v) is 2.04. The Morgan fingerprint density at radius 3 is 2.43 bits per heavy atom. The van der Waals surface area contributed by atoms with E-state index in [1.165, 1.54) is 4.90 Å². The van der Waals surface area contributed by atoms with Crippen LogP contribution in [-0.2, 0) is 4.79 Å². The van der Waals surface area contributed by atoms with Crippen molar-refractivity contribution in [1.29, 1.82) is 0 Å². The highest BCUT2D eigenvalue weighted by molar-refractivity contribution is 5.82. The topological polar surface area (TPSA) is 69.6 Å².